The first-order valence-corrected chi connectivity index (χ1v) is 14.6. The molecule has 0 aliphatic rings. The predicted octanol–water partition coefficient (Wildman–Crippen LogP) is 6.98. The third-order valence-corrected chi connectivity index (χ3v) is 7.11. The topological polar surface area (TPSA) is 90.4 Å². The fraction of sp³-hybridized carbons (Fsp3) is 0.233. The van der Waals surface area contributed by atoms with Gasteiger partial charge in [-0.25, -0.2) is 18.7 Å². The van der Waals surface area contributed by atoms with Gasteiger partial charge in [-0.2, -0.15) is 3.89 Å². The van der Waals surface area contributed by atoms with Crippen LogP contribution < -0.4 is 15.5 Å². The van der Waals surface area contributed by atoms with E-state index in [4.69, 9.17) is 0 Å². The summed E-state index contributed by atoms with van der Waals surface area (Å²) in [4.78, 5) is 21.5. The molecule has 0 aliphatic heterocycles. The lowest BCUT2D eigenvalue weighted by atomic mass is 9.97. The Morgan fingerprint density at radius 3 is 2.41 bits per heavy atom. The number of anilines is 2. The van der Waals surface area contributed by atoms with E-state index in [1.807, 2.05) is 51.1 Å². The summed E-state index contributed by atoms with van der Waals surface area (Å²) in [5.74, 6) is -2.31. The summed E-state index contributed by atoms with van der Waals surface area (Å²) in [5, 5.41) is 5.65. The Hall–Kier alpha value is -3.93. The molecular weight excluding hydrogens is 551 g/mol. The van der Waals surface area contributed by atoms with E-state index in [0.29, 0.717) is 28.3 Å². The van der Waals surface area contributed by atoms with Crippen LogP contribution in [-0.2, 0) is 11.3 Å². The summed E-state index contributed by atoms with van der Waals surface area (Å²) in [7, 11) is -2.38. The number of hydrogen-bond acceptors (Lipinski definition) is 6. The van der Waals surface area contributed by atoms with Crippen molar-refractivity contribution >= 4 is 34.3 Å². The Bertz CT molecular complexity index is 1480. The molecule has 0 aliphatic carbocycles. The first kappa shape index (κ1) is 31.6. The molecule has 3 aromatic rings. The van der Waals surface area contributed by atoms with Crippen molar-refractivity contribution in [2.45, 2.75) is 32.5 Å². The van der Waals surface area contributed by atoms with Crippen LogP contribution in [-0.4, -0.2) is 40.8 Å². The third kappa shape index (κ3) is 7.24. The number of carbonyl (C=O) groups excluding carboxylic acids is 1. The van der Waals surface area contributed by atoms with E-state index >= 15 is 3.89 Å². The van der Waals surface area contributed by atoms with E-state index in [9.17, 15) is 18.1 Å². The number of amides is 1. The van der Waals surface area contributed by atoms with E-state index in [1.54, 1.807) is 13.1 Å². The highest BCUT2D eigenvalue weighted by Crippen LogP contribution is 2.50. The van der Waals surface area contributed by atoms with Gasteiger partial charge in [0.05, 0.1) is 16.4 Å². The second-order valence-corrected chi connectivity index (χ2v) is 11.2. The molecule has 0 bridgehead atoms. The van der Waals surface area contributed by atoms with Gasteiger partial charge in [0.25, 0.3) is 0 Å². The maximum Gasteiger partial charge on any atom is 0.223 e. The summed E-state index contributed by atoms with van der Waals surface area (Å²) < 4.78 is 55.0. The second kappa shape index (κ2) is 13.6. The number of para-hydroxylation sites is 1. The molecule has 1 heterocycles. The molecule has 3 rings (SSSR count). The minimum atomic E-state index is -4.01. The first-order valence-electron chi connectivity index (χ1n) is 12.7. The number of nitrogens with one attached hydrogen (secondary N) is 2. The molecule has 1 unspecified atom stereocenters. The molecule has 11 heteroatoms. The molecule has 2 aromatic carbocycles. The molecule has 1 amide bonds. The van der Waals surface area contributed by atoms with Crippen LogP contribution in [0.2, 0.25) is 0 Å². The normalized spacial score (nSPS) is 14.0. The quantitative estimate of drug-likeness (QED) is 0.121. The van der Waals surface area contributed by atoms with Gasteiger partial charge < -0.3 is 15.2 Å². The predicted molar refractivity (Wildman–Crippen MR) is 161 cm³/mol. The number of aromatic nitrogens is 2. The van der Waals surface area contributed by atoms with Crippen molar-refractivity contribution in [1.82, 2.24) is 20.6 Å². The number of nitrogens with zero attached hydrogens (tertiary/aromatic N) is 3. The Morgan fingerprint density at radius 2 is 1.85 bits per heavy atom. The lowest BCUT2D eigenvalue weighted by Gasteiger charge is -2.26. The van der Waals surface area contributed by atoms with Gasteiger partial charge in [-0.1, -0.05) is 43.0 Å². The zero-order valence-electron chi connectivity index (χ0n) is 23.6. The van der Waals surface area contributed by atoms with Gasteiger partial charge >= 0.3 is 0 Å². The SMILES string of the molecule is C=C(NCC(/C=C\C)=C/C)c1ccc(C)c(-c2nc(S(C)(O)F)nc(N(C=O)c3c(F)cccc3F)c2CNC)c1. The summed E-state index contributed by atoms with van der Waals surface area (Å²) in [6.45, 7) is 10.4. The Labute approximate surface area is 240 Å². The minimum absolute atomic E-state index is 0.0476. The molecular formula is C30H34F3N5O2S. The number of benzene rings is 2. The Kier molecular flexibility index (Phi) is 10.5. The lowest BCUT2D eigenvalue weighted by Crippen LogP contribution is -2.24. The van der Waals surface area contributed by atoms with Crippen LogP contribution in [0.5, 0.6) is 0 Å². The van der Waals surface area contributed by atoms with Crippen molar-refractivity contribution < 1.29 is 22.0 Å². The Balaban J connectivity index is 2.27. The molecule has 1 atom stereocenters. The van der Waals surface area contributed by atoms with Gasteiger partial charge in [0.2, 0.25) is 11.6 Å². The second-order valence-electron chi connectivity index (χ2n) is 9.24. The van der Waals surface area contributed by atoms with Crippen LogP contribution in [0.1, 0.15) is 30.5 Å². The number of carbonyl (C=O) groups is 1. The van der Waals surface area contributed by atoms with Crippen LogP contribution in [0.15, 0.2) is 71.9 Å². The third-order valence-electron chi connectivity index (χ3n) is 6.26. The van der Waals surface area contributed by atoms with E-state index < -0.39 is 33.2 Å². The van der Waals surface area contributed by atoms with E-state index in [1.165, 1.54) is 0 Å². The number of aryl methyl sites for hydroxylation is 1. The van der Waals surface area contributed by atoms with Gasteiger partial charge in [-0.3, -0.25) is 9.69 Å². The monoisotopic (exact) mass is 585 g/mol. The molecule has 0 spiro atoms. The molecule has 1 aromatic heterocycles. The van der Waals surface area contributed by atoms with Gasteiger partial charge in [0, 0.05) is 36.2 Å². The van der Waals surface area contributed by atoms with Crippen molar-refractivity contribution in [3.63, 3.8) is 0 Å². The highest BCUT2D eigenvalue weighted by molar-refractivity contribution is 8.24. The smallest absolute Gasteiger partial charge is 0.223 e. The maximum absolute atomic E-state index is 15.0. The number of rotatable bonds is 12. The summed E-state index contributed by atoms with van der Waals surface area (Å²) in [6, 6.07) is 8.64. The summed E-state index contributed by atoms with van der Waals surface area (Å²) in [5.41, 5.74) is 3.42. The minimum Gasteiger partial charge on any atom is -0.381 e. The fourth-order valence-corrected chi connectivity index (χ4v) is 4.67. The molecule has 41 heavy (non-hydrogen) atoms. The fourth-order valence-electron chi connectivity index (χ4n) is 4.15. The van der Waals surface area contributed by atoms with Gasteiger partial charge in [-0.05, 0) is 62.7 Å². The van der Waals surface area contributed by atoms with E-state index in [2.05, 4.69) is 27.2 Å². The van der Waals surface area contributed by atoms with Crippen LogP contribution >= 0.6 is 10.7 Å². The maximum atomic E-state index is 15.0. The van der Waals surface area contributed by atoms with Crippen molar-refractivity contribution in [3.05, 3.63) is 95.1 Å². The van der Waals surface area contributed by atoms with Crippen molar-refractivity contribution in [2.24, 2.45) is 0 Å². The van der Waals surface area contributed by atoms with Gasteiger partial charge in [0.1, 0.15) is 23.1 Å². The van der Waals surface area contributed by atoms with E-state index in [0.717, 1.165) is 35.6 Å². The Morgan fingerprint density at radius 1 is 1.17 bits per heavy atom. The van der Waals surface area contributed by atoms with Crippen LogP contribution in [0.25, 0.3) is 17.0 Å². The zero-order chi connectivity index (χ0) is 30.3. The van der Waals surface area contributed by atoms with Crippen LogP contribution in [0, 0.1) is 18.6 Å². The standard InChI is InChI=1S/C30H34F3N5O2S/c1-7-10-21(8-2)16-35-20(4)22-14-13-19(3)23(15-22)27-24(17-34-5)29(37-30(36-27)41(6,33)40)38(18-39)28-25(31)11-9-12-26(28)32/h7-15,18,34-35,40H,4,16-17H2,1-3,5-6H3/b10-7-,21-8+. The first-order chi connectivity index (χ1) is 19.5. The average Bonchev–Trinajstić information content (AvgIpc) is 2.93. The molecule has 0 fully saturated rings. The van der Waals surface area contributed by atoms with Crippen LogP contribution in [0.4, 0.5) is 24.2 Å². The van der Waals surface area contributed by atoms with E-state index in [-0.39, 0.29) is 30.0 Å². The van der Waals surface area contributed by atoms with Crippen molar-refractivity contribution in [1.29, 1.82) is 0 Å². The van der Waals surface area contributed by atoms with Gasteiger partial charge in [-0.15, -0.1) is 0 Å². The molecule has 0 saturated heterocycles. The molecule has 0 radical (unpaired) electrons. The molecule has 3 N–H and O–H groups in total. The molecule has 0 saturated carbocycles. The highest BCUT2D eigenvalue weighted by atomic mass is 32.3. The van der Waals surface area contributed by atoms with Gasteiger partial charge in [0.15, 0.2) is 0 Å². The van der Waals surface area contributed by atoms with Crippen molar-refractivity contribution in [2.75, 3.05) is 24.7 Å². The molecule has 218 valence electrons. The van der Waals surface area contributed by atoms with Crippen molar-refractivity contribution in [3.8, 4) is 11.3 Å². The number of hydrogen-bond donors (Lipinski definition) is 3. The number of allylic oxidation sites excluding steroid dienone is 2. The number of halogens is 3. The molecule has 7 nitrogen and oxygen atoms in total. The summed E-state index contributed by atoms with van der Waals surface area (Å²) >= 11 is 0. The average molecular weight is 586 g/mol. The van der Waals surface area contributed by atoms with Crippen LogP contribution in [0.3, 0.4) is 0 Å². The highest BCUT2D eigenvalue weighted by Gasteiger charge is 2.30. The zero-order valence-corrected chi connectivity index (χ0v) is 24.5. The summed E-state index contributed by atoms with van der Waals surface area (Å²) in [6.07, 6.45) is 7.02. The lowest BCUT2D eigenvalue weighted by molar-refractivity contribution is -0.106. The largest absolute Gasteiger partial charge is 0.381 e.